The molecule has 0 aliphatic heterocycles. The van der Waals surface area contributed by atoms with Crippen molar-refractivity contribution in [1.29, 1.82) is 0 Å². The molecular formula is C12H15F3O. The van der Waals surface area contributed by atoms with Crippen LogP contribution in [-0.4, -0.2) is 5.11 Å². The summed E-state index contributed by atoms with van der Waals surface area (Å²) >= 11 is 0. The molecule has 4 heteroatoms. The van der Waals surface area contributed by atoms with E-state index in [4.69, 9.17) is 0 Å². The second kappa shape index (κ2) is 4.09. The van der Waals surface area contributed by atoms with Gasteiger partial charge in [0.05, 0.1) is 11.7 Å². The van der Waals surface area contributed by atoms with Gasteiger partial charge in [-0.25, -0.2) is 0 Å². The van der Waals surface area contributed by atoms with Crippen LogP contribution in [0.5, 0.6) is 0 Å². The first-order chi connectivity index (χ1) is 7.14. The Bertz CT molecular complexity index is 363. The highest BCUT2D eigenvalue weighted by Crippen LogP contribution is 2.40. The lowest BCUT2D eigenvalue weighted by molar-refractivity contribution is -0.139. The molecule has 0 heterocycles. The van der Waals surface area contributed by atoms with Crippen LogP contribution in [0.3, 0.4) is 0 Å². The second-order valence-corrected chi connectivity index (χ2v) is 4.85. The first-order valence-corrected chi connectivity index (χ1v) is 4.98. The molecule has 1 nitrogen and oxygen atoms in total. The van der Waals surface area contributed by atoms with E-state index in [2.05, 4.69) is 0 Å². The maximum Gasteiger partial charge on any atom is 0.416 e. The Morgan fingerprint density at radius 3 is 2.00 bits per heavy atom. The third-order valence-electron chi connectivity index (χ3n) is 2.38. The molecule has 1 N–H and O–H groups in total. The minimum Gasteiger partial charge on any atom is -0.388 e. The molecule has 0 fully saturated rings. The predicted molar refractivity (Wildman–Crippen MR) is 55.9 cm³/mol. The molecule has 1 unspecified atom stereocenters. The summed E-state index contributed by atoms with van der Waals surface area (Å²) in [6.45, 7) is 5.10. The van der Waals surface area contributed by atoms with Crippen LogP contribution in [0.1, 0.15) is 38.0 Å². The number of aliphatic hydroxyl groups excluding tert-OH is 1. The van der Waals surface area contributed by atoms with Crippen molar-refractivity contribution in [3.05, 3.63) is 35.4 Å². The van der Waals surface area contributed by atoms with Crippen LogP contribution in [0.25, 0.3) is 0 Å². The van der Waals surface area contributed by atoms with E-state index in [1.54, 1.807) is 20.8 Å². The zero-order valence-corrected chi connectivity index (χ0v) is 9.47. The molecule has 1 aromatic carbocycles. The third-order valence-corrected chi connectivity index (χ3v) is 2.38. The highest BCUT2D eigenvalue weighted by atomic mass is 19.4. The summed E-state index contributed by atoms with van der Waals surface area (Å²) in [5.74, 6) is 0. The lowest BCUT2D eigenvalue weighted by Crippen LogP contribution is -2.21. The van der Waals surface area contributed by atoms with Gasteiger partial charge in [0, 0.05) is 0 Å². The first-order valence-electron chi connectivity index (χ1n) is 4.98. The van der Waals surface area contributed by atoms with Crippen molar-refractivity contribution in [2.75, 3.05) is 0 Å². The maximum atomic E-state index is 12.7. The highest BCUT2D eigenvalue weighted by Gasteiger charge is 2.37. The maximum absolute atomic E-state index is 12.7. The number of benzene rings is 1. The van der Waals surface area contributed by atoms with Gasteiger partial charge in [0.2, 0.25) is 0 Å². The SMILES string of the molecule is CC(C)(C)C(O)c1ccccc1C(F)(F)F. The number of rotatable bonds is 1. The molecule has 0 aliphatic carbocycles. The average Bonchev–Trinajstić information content (AvgIpc) is 2.14. The summed E-state index contributed by atoms with van der Waals surface area (Å²) in [5, 5.41) is 9.90. The highest BCUT2D eigenvalue weighted by molar-refractivity contribution is 5.32. The van der Waals surface area contributed by atoms with Gasteiger partial charge in [-0.1, -0.05) is 39.0 Å². The Morgan fingerprint density at radius 1 is 1.06 bits per heavy atom. The lowest BCUT2D eigenvalue weighted by Gasteiger charge is -2.28. The summed E-state index contributed by atoms with van der Waals surface area (Å²) in [6.07, 6.45) is -5.56. The molecule has 1 atom stereocenters. The van der Waals surface area contributed by atoms with Gasteiger partial charge >= 0.3 is 6.18 Å². The Balaban J connectivity index is 3.25. The molecule has 0 saturated carbocycles. The van der Waals surface area contributed by atoms with Crippen LogP contribution in [0, 0.1) is 5.41 Å². The molecule has 0 aromatic heterocycles. The van der Waals surface area contributed by atoms with Crippen molar-refractivity contribution in [3.63, 3.8) is 0 Å². The fourth-order valence-corrected chi connectivity index (χ4v) is 1.46. The standard InChI is InChI=1S/C12H15F3O/c1-11(2,3)10(16)8-6-4-5-7-9(8)12(13,14)15/h4-7,10,16H,1-3H3. The Kier molecular flexibility index (Phi) is 3.33. The molecule has 90 valence electrons. The lowest BCUT2D eigenvalue weighted by atomic mass is 9.83. The van der Waals surface area contributed by atoms with E-state index in [-0.39, 0.29) is 5.56 Å². The van der Waals surface area contributed by atoms with Gasteiger partial charge in [-0.3, -0.25) is 0 Å². The topological polar surface area (TPSA) is 20.2 Å². The minimum atomic E-state index is -4.43. The van der Waals surface area contributed by atoms with Crippen LogP contribution in [0.4, 0.5) is 13.2 Å². The molecule has 16 heavy (non-hydrogen) atoms. The molecule has 0 spiro atoms. The van der Waals surface area contributed by atoms with Gasteiger partial charge in [-0.2, -0.15) is 13.2 Å². The van der Waals surface area contributed by atoms with E-state index in [0.717, 1.165) is 6.07 Å². The zero-order valence-electron chi connectivity index (χ0n) is 9.47. The van der Waals surface area contributed by atoms with E-state index in [1.165, 1.54) is 18.2 Å². The van der Waals surface area contributed by atoms with Crippen molar-refractivity contribution in [1.82, 2.24) is 0 Å². The molecule has 1 rings (SSSR count). The fourth-order valence-electron chi connectivity index (χ4n) is 1.46. The largest absolute Gasteiger partial charge is 0.416 e. The van der Waals surface area contributed by atoms with Gasteiger partial charge in [-0.05, 0) is 17.0 Å². The number of hydrogen-bond donors (Lipinski definition) is 1. The second-order valence-electron chi connectivity index (χ2n) is 4.85. The molecule has 0 radical (unpaired) electrons. The summed E-state index contributed by atoms with van der Waals surface area (Å²) < 4.78 is 38.1. The molecule has 0 amide bonds. The van der Waals surface area contributed by atoms with E-state index in [1.807, 2.05) is 0 Å². The monoisotopic (exact) mass is 232 g/mol. The van der Waals surface area contributed by atoms with Crippen molar-refractivity contribution in [3.8, 4) is 0 Å². The van der Waals surface area contributed by atoms with Gasteiger partial charge in [0.15, 0.2) is 0 Å². The Morgan fingerprint density at radius 2 is 1.56 bits per heavy atom. The fraction of sp³-hybridized carbons (Fsp3) is 0.500. The van der Waals surface area contributed by atoms with Gasteiger partial charge in [0.25, 0.3) is 0 Å². The van der Waals surface area contributed by atoms with E-state index in [9.17, 15) is 18.3 Å². The number of aliphatic hydroxyl groups is 1. The third kappa shape index (κ3) is 2.76. The minimum absolute atomic E-state index is 0.0671. The van der Waals surface area contributed by atoms with E-state index >= 15 is 0 Å². The number of hydrogen-bond acceptors (Lipinski definition) is 1. The average molecular weight is 232 g/mol. The normalized spacial score (nSPS) is 14.9. The van der Waals surface area contributed by atoms with Gasteiger partial charge < -0.3 is 5.11 Å². The summed E-state index contributed by atoms with van der Waals surface area (Å²) in [5.41, 5.74) is -1.46. The van der Waals surface area contributed by atoms with Crippen LogP contribution in [0.15, 0.2) is 24.3 Å². The van der Waals surface area contributed by atoms with E-state index < -0.39 is 23.3 Å². The molecule has 0 bridgehead atoms. The molecule has 1 aromatic rings. The van der Waals surface area contributed by atoms with Crippen molar-refractivity contribution < 1.29 is 18.3 Å². The molecular weight excluding hydrogens is 217 g/mol. The molecule has 0 aliphatic rings. The first kappa shape index (κ1) is 13.0. The van der Waals surface area contributed by atoms with Crippen molar-refractivity contribution in [2.45, 2.75) is 33.1 Å². The number of alkyl halides is 3. The molecule has 0 saturated heterocycles. The summed E-state index contributed by atoms with van der Waals surface area (Å²) in [6, 6.07) is 5.13. The van der Waals surface area contributed by atoms with E-state index in [0.29, 0.717) is 0 Å². The van der Waals surface area contributed by atoms with Crippen LogP contribution in [0.2, 0.25) is 0 Å². The van der Waals surface area contributed by atoms with Gasteiger partial charge in [-0.15, -0.1) is 0 Å². The Labute approximate surface area is 92.9 Å². The quantitative estimate of drug-likeness (QED) is 0.781. The predicted octanol–water partition coefficient (Wildman–Crippen LogP) is 3.78. The Hall–Kier alpha value is -1.03. The van der Waals surface area contributed by atoms with Crippen LogP contribution >= 0.6 is 0 Å². The summed E-state index contributed by atoms with van der Waals surface area (Å²) in [7, 11) is 0. The van der Waals surface area contributed by atoms with Crippen LogP contribution in [-0.2, 0) is 6.18 Å². The summed E-state index contributed by atoms with van der Waals surface area (Å²) in [4.78, 5) is 0. The zero-order chi connectivity index (χ0) is 12.6. The van der Waals surface area contributed by atoms with Crippen LogP contribution < -0.4 is 0 Å². The smallest absolute Gasteiger partial charge is 0.388 e. The van der Waals surface area contributed by atoms with Crippen molar-refractivity contribution >= 4 is 0 Å². The van der Waals surface area contributed by atoms with Gasteiger partial charge in [0.1, 0.15) is 0 Å². The number of halogens is 3. The van der Waals surface area contributed by atoms with Crippen molar-refractivity contribution in [2.24, 2.45) is 5.41 Å².